The first-order chi connectivity index (χ1) is 5.34. The lowest BCUT2D eigenvalue weighted by molar-refractivity contribution is -0.195. The molecular weight excluding hydrogens is 189 g/mol. The smallest absolute Gasteiger partial charge is 0.383 e. The van der Waals surface area contributed by atoms with Crippen LogP contribution in [0.5, 0.6) is 0 Å². The highest BCUT2D eigenvalue weighted by Gasteiger charge is 2.37. The molecule has 12 heavy (non-hydrogen) atoms. The molecule has 0 amide bonds. The van der Waals surface area contributed by atoms with Crippen LogP contribution < -0.4 is 0 Å². The molecule has 5 heteroatoms. The van der Waals surface area contributed by atoms with E-state index in [0.29, 0.717) is 11.7 Å². The molecule has 0 aliphatic carbocycles. The Balaban J connectivity index is 3.51. The minimum atomic E-state index is -4.47. The molecule has 1 unspecified atom stereocenters. The number of rotatable bonds is 4. The lowest BCUT2D eigenvalue weighted by Crippen LogP contribution is -2.30. The van der Waals surface area contributed by atoms with Gasteiger partial charge >= 0.3 is 6.18 Å². The molecule has 0 bridgehead atoms. The van der Waals surface area contributed by atoms with Gasteiger partial charge in [0.25, 0.3) is 0 Å². The van der Waals surface area contributed by atoms with Crippen molar-refractivity contribution in [2.45, 2.75) is 26.1 Å². The standard InChI is InChI=1S/C7H13F3OS/c1-5(2)3-12-4-6(11)7(8,9)10/h5-6,11H,3-4H2,1-2H3. The average Bonchev–Trinajstić information content (AvgIpc) is 1.84. The van der Waals surface area contributed by atoms with Crippen molar-refractivity contribution < 1.29 is 18.3 Å². The molecule has 0 aromatic rings. The molecule has 0 aromatic carbocycles. The van der Waals surface area contributed by atoms with Crippen molar-refractivity contribution >= 4 is 11.8 Å². The number of hydrogen-bond acceptors (Lipinski definition) is 2. The summed E-state index contributed by atoms with van der Waals surface area (Å²) in [6.45, 7) is 3.85. The zero-order valence-electron chi connectivity index (χ0n) is 7.06. The van der Waals surface area contributed by atoms with Crippen LogP contribution in [0.2, 0.25) is 0 Å². The van der Waals surface area contributed by atoms with Crippen LogP contribution in [0, 0.1) is 5.92 Å². The van der Waals surface area contributed by atoms with E-state index in [-0.39, 0.29) is 5.75 Å². The van der Waals surface area contributed by atoms with Gasteiger partial charge in [-0.15, -0.1) is 0 Å². The second kappa shape index (κ2) is 4.97. The number of aliphatic hydroxyl groups is 1. The zero-order valence-corrected chi connectivity index (χ0v) is 7.87. The molecule has 1 nitrogen and oxygen atoms in total. The first kappa shape index (κ1) is 12.1. The van der Waals surface area contributed by atoms with Gasteiger partial charge in [-0.2, -0.15) is 24.9 Å². The Morgan fingerprint density at radius 1 is 1.25 bits per heavy atom. The maximum Gasteiger partial charge on any atom is 0.415 e. The predicted octanol–water partition coefficient (Wildman–Crippen LogP) is 2.30. The summed E-state index contributed by atoms with van der Waals surface area (Å²) in [7, 11) is 0. The van der Waals surface area contributed by atoms with Gasteiger partial charge in [-0.25, -0.2) is 0 Å². The van der Waals surface area contributed by atoms with Gasteiger partial charge in [0.05, 0.1) is 0 Å². The van der Waals surface area contributed by atoms with Crippen LogP contribution in [0.4, 0.5) is 13.2 Å². The third-order valence-corrected chi connectivity index (χ3v) is 2.56. The zero-order chi connectivity index (χ0) is 9.78. The normalized spacial score (nSPS) is 15.2. The molecule has 0 rings (SSSR count). The fraction of sp³-hybridized carbons (Fsp3) is 1.00. The monoisotopic (exact) mass is 202 g/mol. The molecule has 0 radical (unpaired) electrons. The van der Waals surface area contributed by atoms with Crippen LogP contribution in [-0.2, 0) is 0 Å². The Labute approximate surface area is 74.3 Å². The van der Waals surface area contributed by atoms with Crippen LogP contribution >= 0.6 is 11.8 Å². The van der Waals surface area contributed by atoms with Gasteiger partial charge in [0.1, 0.15) is 0 Å². The van der Waals surface area contributed by atoms with Crippen molar-refractivity contribution in [2.24, 2.45) is 5.92 Å². The second-order valence-electron chi connectivity index (χ2n) is 2.99. The van der Waals surface area contributed by atoms with Crippen molar-refractivity contribution in [1.29, 1.82) is 0 Å². The van der Waals surface area contributed by atoms with E-state index >= 15 is 0 Å². The number of hydrogen-bond donors (Lipinski definition) is 1. The topological polar surface area (TPSA) is 20.2 Å². The Morgan fingerprint density at radius 2 is 1.75 bits per heavy atom. The maximum atomic E-state index is 11.7. The number of aliphatic hydroxyl groups excluding tert-OH is 1. The summed E-state index contributed by atoms with van der Waals surface area (Å²) in [5, 5.41) is 8.55. The van der Waals surface area contributed by atoms with Gasteiger partial charge in [-0.3, -0.25) is 0 Å². The SMILES string of the molecule is CC(C)CSCC(O)C(F)(F)F. The molecule has 1 N–H and O–H groups in total. The summed E-state index contributed by atoms with van der Waals surface area (Å²) in [5.74, 6) is 0.741. The van der Waals surface area contributed by atoms with E-state index in [0.717, 1.165) is 11.8 Å². The van der Waals surface area contributed by atoms with E-state index in [4.69, 9.17) is 5.11 Å². The molecule has 0 heterocycles. The Morgan fingerprint density at radius 3 is 2.08 bits per heavy atom. The van der Waals surface area contributed by atoms with E-state index in [1.54, 1.807) is 0 Å². The van der Waals surface area contributed by atoms with Crippen LogP contribution in [0.3, 0.4) is 0 Å². The lowest BCUT2D eigenvalue weighted by atomic mass is 10.3. The van der Waals surface area contributed by atoms with Gasteiger partial charge in [0, 0.05) is 5.75 Å². The van der Waals surface area contributed by atoms with E-state index in [1.165, 1.54) is 0 Å². The van der Waals surface area contributed by atoms with E-state index in [9.17, 15) is 13.2 Å². The van der Waals surface area contributed by atoms with Crippen molar-refractivity contribution in [1.82, 2.24) is 0 Å². The number of halogens is 3. The van der Waals surface area contributed by atoms with E-state index in [2.05, 4.69) is 0 Å². The van der Waals surface area contributed by atoms with Gasteiger partial charge in [0.15, 0.2) is 6.10 Å². The average molecular weight is 202 g/mol. The highest BCUT2D eigenvalue weighted by atomic mass is 32.2. The molecule has 0 saturated heterocycles. The summed E-state index contributed by atoms with van der Waals surface area (Å²) in [6, 6.07) is 0. The molecule has 0 fully saturated rings. The van der Waals surface area contributed by atoms with E-state index < -0.39 is 12.3 Å². The van der Waals surface area contributed by atoms with Crippen molar-refractivity contribution in [3.05, 3.63) is 0 Å². The van der Waals surface area contributed by atoms with Crippen molar-refractivity contribution in [2.75, 3.05) is 11.5 Å². The Kier molecular flexibility index (Phi) is 5.01. The summed E-state index contributed by atoms with van der Waals surface area (Å²) >= 11 is 1.13. The quantitative estimate of drug-likeness (QED) is 0.754. The Bertz CT molecular complexity index is 124. The first-order valence-corrected chi connectivity index (χ1v) is 4.82. The third kappa shape index (κ3) is 5.71. The van der Waals surface area contributed by atoms with Gasteiger partial charge in [0.2, 0.25) is 0 Å². The van der Waals surface area contributed by atoms with Crippen molar-refractivity contribution in [3.63, 3.8) is 0 Å². The minimum Gasteiger partial charge on any atom is -0.383 e. The molecule has 1 atom stereocenters. The van der Waals surface area contributed by atoms with Gasteiger partial charge < -0.3 is 5.11 Å². The molecule has 0 saturated carbocycles. The fourth-order valence-electron chi connectivity index (χ4n) is 0.510. The lowest BCUT2D eigenvalue weighted by Gasteiger charge is -2.14. The fourth-order valence-corrected chi connectivity index (χ4v) is 1.53. The van der Waals surface area contributed by atoms with Crippen LogP contribution in [0.25, 0.3) is 0 Å². The summed E-state index contributed by atoms with van der Waals surface area (Å²) in [4.78, 5) is 0. The van der Waals surface area contributed by atoms with Gasteiger partial charge in [-0.1, -0.05) is 13.8 Å². The predicted molar refractivity (Wildman–Crippen MR) is 44.2 cm³/mol. The highest BCUT2D eigenvalue weighted by molar-refractivity contribution is 7.99. The molecule has 0 spiro atoms. The third-order valence-electron chi connectivity index (χ3n) is 1.10. The minimum absolute atomic E-state index is 0.262. The second-order valence-corrected chi connectivity index (χ2v) is 4.06. The number of thioether (sulfide) groups is 1. The van der Waals surface area contributed by atoms with Crippen LogP contribution in [-0.4, -0.2) is 28.9 Å². The number of alkyl halides is 3. The highest BCUT2D eigenvalue weighted by Crippen LogP contribution is 2.23. The first-order valence-electron chi connectivity index (χ1n) is 3.66. The Hall–Kier alpha value is 0.100. The summed E-state index contributed by atoms with van der Waals surface area (Å²) < 4.78 is 35.1. The summed E-state index contributed by atoms with van der Waals surface area (Å²) in [6.07, 6.45) is -6.65. The molecule has 0 aliphatic rings. The summed E-state index contributed by atoms with van der Waals surface area (Å²) in [5.41, 5.74) is 0. The van der Waals surface area contributed by atoms with Crippen LogP contribution in [0.1, 0.15) is 13.8 Å². The van der Waals surface area contributed by atoms with Gasteiger partial charge in [-0.05, 0) is 11.7 Å². The van der Waals surface area contributed by atoms with E-state index in [1.807, 2.05) is 13.8 Å². The molecule has 0 aliphatic heterocycles. The molecule has 74 valence electrons. The van der Waals surface area contributed by atoms with Crippen molar-refractivity contribution in [3.8, 4) is 0 Å². The maximum absolute atomic E-state index is 11.7. The molecule has 0 aromatic heterocycles. The van der Waals surface area contributed by atoms with Crippen LogP contribution in [0.15, 0.2) is 0 Å². The molecular formula is C7H13F3OS. The largest absolute Gasteiger partial charge is 0.415 e.